The molecule has 0 aliphatic heterocycles. The van der Waals surface area contributed by atoms with Gasteiger partial charge in [0.2, 0.25) is 5.91 Å². The third kappa shape index (κ3) is 2.80. The monoisotopic (exact) mass is 291 g/mol. The molecule has 1 N–H and O–H groups in total. The fraction of sp³-hybridized carbons (Fsp3) is 0.667. The normalized spacial score (nSPS) is 25.0. The molecule has 6 heteroatoms. The summed E-state index contributed by atoms with van der Waals surface area (Å²) < 4.78 is 1.91. The van der Waals surface area contributed by atoms with Crippen LogP contribution in [0.2, 0.25) is 0 Å². The van der Waals surface area contributed by atoms with Gasteiger partial charge in [0.1, 0.15) is 5.82 Å². The molecule has 0 bridgehead atoms. The van der Waals surface area contributed by atoms with Crippen LogP contribution < -0.4 is 0 Å². The average molecular weight is 291 g/mol. The molecule has 2 unspecified atom stereocenters. The molecule has 0 aromatic carbocycles. The second-order valence-corrected chi connectivity index (χ2v) is 6.13. The van der Waals surface area contributed by atoms with E-state index in [2.05, 4.69) is 4.98 Å². The van der Waals surface area contributed by atoms with Crippen molar-refractivity contribution in [3.63, 3.8) is 0 Å². The zero-order valence-corrected chi connectivity index (χ0v) is 12.2. The fourth-order valence-corrected chi connectivity index (χ4v) is 3.24. The molecule has 0 saturated heterocycles. The second-order valence-electron chi connectivity index (χ2n) is 6.13. The van der Waals surface area contributed by atoms with E-state index < -0.39 is 11.9 Å². The van der Waals surface area contributed by atoms with E-state index in [0.29, 0.717) is 19.4 Å². The molecule has 6 nitrogen and oxygen atoms in total. The summed E-state index contributed by atoms with van der Waals surface area (Å²) in [5.74, 6) is -0.854. The van der Waals surface area contributed by atoms with E-state index in [4.69, 9.17) is 0 Å². The van der Waals surface area contributed by atoms with Gasteiger partial charge >= 0.3 is 5.97 Å². The molecule has 2 aliphatic rings. The van der Waals surface area contributed by atoms with Gasteiger partial charge in [-0.2, -0.15) is 0 Å². The van der Waals surface area contributed by atoms with Crippen molar-refractivity contribution >= 4 is 11.9 Å². The van der Waals surface area contributed by atoms with E-state index >= 15 is 0 Å². The Morgan fingerprint density at radius 2 is 2.05 bits per heavy atom. The Hall–Kier alpha value is -1.85. The maximum absolute atomic E-state index is 12.8. The molecule has 3 rings (SSSR count). The standard InChI is InChI=1S/C15H21N3O3/c1-17-8-7-16-13(17)9-18(10-5-6-10)14(19)11-3-2-4-12(11)15(20)21/h7-8,10-12H,2-6,9H2,1H3,(H,20,21). The Morgan fingerprint density at radius 3 is 2.62 bits per heavy atom. The van der Waals surface area contributed by atoms with Crippen LogP contribution in [0.25, 0.3) is 0 Å². The van der Waals surface area contributed by atoms with Crippen LogP contribution in [0.1, 0.15) is 37.9 Å². The van der Waals surface area contributed by atoms with Gasteiger partial charge in [-0.3, -0.25) is 9.59 Å². The van der Waals surface area contributed by atoms with Crippen molar-refractivity contribution in [3.8, 4) is 0 Å². The van der Waals surface area contributed by atoms with Crippen molar-refractivity contribution < 1.29 is 14.7 Å². The van der Waals surface area contributed by atoms with Crippen LogP contribution in [0.15, 0.2) is 12.4 Å². The van der Waals surface area contributed by atoms with Crippen LogP contribution in [0.5, 0.6) is 0 Å². The Labute approximate surface area is 123 Å². The van der Waals surface area contributed by atoms with E-state index in [1.165, 1.54) is 0 Å². The van der Waals surface area contributed by atoms with Gasteiger partial charge in [-0.05, 0) is 25.7 Å². The number of nitrogens with zero attached hydrogens (tertiary/aromatic N) is 3. The number of aromatic nitrogens is 2. The molecule has 0 spiro atoms. The highest BCUT2D eigenvalue weighted by molar-refractivity contribution is 5.85. The molecule has 2 atom stereocenters. The van der Waals surface area contributed by atoms with E-state index in [-0.39, 0.29) is 17.9 Å². The Balaban J connectivity index is 1.76. The van der Waals surface area contributed by atoms with Gasteiger partial charge in [-0.15, -0.1) is 0 Å². The van der Waals surface area contributed by atoms with E-state index in [0.717, 1.165) is 25.1 Å². The maximum atomic E-state index is 12.8. The zero-order valence-electron chi connectivity index (χ0n) is 12.2. The highest BCUT2D eigenvalue weighted by atomic mass is 16.4. The van der Waals surface area contributed by atoms with Gasteiger partial charge in [-0.25, -0.2) is 4.98 Å². The number of amides is 1. The Bertz CT molecular complexity index is 550. The first-order valence-corrected chi connectivity index (χ1v) is 7.57. The number of carboxylic acid groups (broad SMARTS) is 1. The number of carbonyl (C=O) groups excluding carboxylic acids is 1. The highest BCUT2D eigenvalue weighted by Crippen LogP contribution is 2.37. The van der Waals surface area contributed by atoms with Crippen molar-refractivity contribution in [2.75, 3.05) is 0 Å². The van der Waals surface area contributed by atoms with Crippen LogP contribution in [0.3, 0.4) is 0 Å². The Morgan fingerprint density at radius 1 is 1.33 bits per heavy atom. The number of hydrogen-bond acceptors (Lipinski definition) is 3. The number of rotatable bonds is 5. The molecule has 2 aliphatic carbocycles. The number of aliphatic carboxylic acids is 1. The topological polar surface area (TPSA) is 75.4 Å². The third-order valence-corrected chi connectivity index (χ3v) is 4.65. The van der Waals surface area contributed by atoms with E-state index in [1.807, 2.05) is 22.7 Å². The summed E-state index contributed by atoms with van der Waals surface area (Å²) >= 11 is 0. The SMILES string of the molecule is Cn1ccnc1CN(C(=O)C1CCCC1C(=O)O)C1CC1. The lowest BCUT2D eigenvalue weighted by Gasteiger charge is -2.27. The first-order chi connectivity index (χ1) is 10.1. The second kappa shape index (κ2) is 5.50. The van der Waals surface area contributed by atoms with Crippen LogP contribution in [-0.4, -0.2) is 37.5 Å². The molecular formula is C15H21N3O3. The number of aryl methyl sites for hydroxylation is 1. The smallest absolute Gasteiger partial charge is 0.307 e. The first kappa shape index (κ1) is 14.1. The minimum atomic E-state index is -0.835. The minimum absolute atomic E-state index is 0.00500. The van der Waals surface area contributed by atoms with Gasteiger partial charge in [0.15, 0.2) is 0 Å². The summed E-state index contributed by atoms with van der Waals surface area (Å²) in [5, 5.41) is 9.28. The van der Waals surface area contributed by atoms with E-state index in [1.54, 1.807) is 6.20 Å². The summed E-state index contributed by atoms with van der Waals surface area (Å²) in [7, 11) is 1.91. The molecule has 1 amide bonds. The predicted octanol–water partition coefficient (Wildman–Crippen LogP) is 1.41. The number of carbonyl (C=O) groups is 2. The van der Waals surface area contributed by atoms with Gasteiger partial charge in [-0.1, -0.05) is 6.42 Å². The zero-order chi connectivity index (χ0) is 15.0. The molecule has 2 fully saturated rings. The maximum Gasteiger partial charge on any atom is 0.307 e. The largest absolute Gasteiger partial charge is 0.481 e. The minimum Gasteiger partial charge on any atom is -0.481 e. The predicted molar refractivity (Wildman–Crippen MR) is 75.2 cm³/mol. The molecular weight excluding hydrogens is 270 g/mol. The summed E-state index contributed by atoms with van der Waals surface area (Å²) in [4.78, 5) is 30.3. The van der Waals surface area contributed by atoms with Crippen LogP contribution >= 0.6 is 0 Å². The van der Waals surface area contributed by atoms with Crippen LogP contribution in [-0.2, 0) is 23.2 Å². The number of imidazole rings is 1. The summed E-state index contributed by atoms with van der Waals surface area (Å²) in [6.07, 6.45) is 7.75. The van der Waals surface area contributed by atoms with Gasteiger partial charge in [0.25, 0.3) is 0 Å². The van der Waals surface area contributed by atoms with E-state index in [9.17, 15) is 14.7 Å². The lowest BCUT2D eigenvalue weighted by Crippen LogP contribution is -2.40. The summed E-state index contributed by atoms with van der Waals surface area (Å²) in [5.41, 5.74) is 0. The third-order valence-electron chi connectivity index (χ3n) is 4.65. The molecule has 1 heterocycles. The van der Waals surface area contributed by atoms with Crippen molar-refractivity contribution in [1.29, 1.82) is 0 Å². The van der Waals surface area contributed by atoms with Crippen molar-refractivity contribution in [2.45, 2.75) is 44.7 Å². The fourth-order valence-electron chi connectivity index (χ4n) is 3.24. The van der Waals surface area contributed by atoms with Crippen molar-refractivity contribution in [3.05, 3.63) is 18.2 Å². The average Bonchev–Trinajstić information content (AvgIpc) is 3.01. The molecule has 1 aromatic rings. The highest BCUT2D eigenvalue weighted by Gasteiger charge is 2.43. The molecule has 2 saturated carbocycles. The quantitative estimate of drug-likeness (QED) is 0.890. The molecule has 114 valence electrons. The van der Waals surface area contributed by atoms with Gasteiger partial charge in [0.05, 0.1) is 18.4 Å². The summed E-state index contributed by atoms with van der Waals surface area (Å²) in [6.45, 7) is 0.482. The van der Waals surface area contributed by atoms with Crippen molar-refractivity contribution in [1.82, 2.24) is 14.5 Å². The molecule has 0 radical (unpaired) electrons. The Kier molecular flexibility index (Phi) is 3.69. The number of carboxylic acids is 1. The number of hydrogen-bond donors (Lipinski definition) is 1. The van der Waals surface area contributed by atoms with Crippen LogP contribution in [0, 0.1) is 11.8 Å². The van der Waals surface area contributed by atoms with Gasteiger partial charge < -0.3 is 14.6 Å². The van der Waals surface area contributed by atoms with Crippen LogP contribution in [0.4, 0.5) is 0 Å². The lowest BCUT2D eigenvalue weighted by atomic mass is 9.94. The first-order valence-electron chi connectivity index (χ1n) is 7.57. The molecule has 1 aromatic heterocycles. The van der Waals surface area contributed by atoms with Crippen molar-refractivity contribution in [2.24, 2.45) is 18.9 Å². The summed E-state index contributed by atoms with van der Waals surface area (Å²) in [6, 6.07) is 0.268. The van der Waals surface area contributed by atoms with Gasteiger partial charge in [0, 0.05) is 25.5 Å². The lowest BCUT2D eigenvalue weighted by molar-refractivity contribution is -0.149. The molecule has 21 heavy (non-hydrogen) atoms.